The van der Waals surface area contributed by atoms with E-state index >= 15 is 0 Å². The molecule has 0 saturated carbocycles. The predicted octanol–water partition coefficient (Wildman–Crippen LogP) is 1.97. The van der Waals surface area contributed by atoms with Crippen LogP contribution in [-0.4, -0.2) is 34.8 Å². The molecule has 0 aliphatic carbocycles. The van der Waals surface area contributed by atoms with E-state index in [9.17, 15) is 4.79 Å². The Labute approximate surface area is 99.7 Å². The summed E-state index contributed by atoms with van der Waals surface area (Å²) >= 11 is 0. The molecule has 2 rings (SSSR count). The number of hydrogen-bond acceptors (Lipinski definition) is 2. The van der Waals surface area contributed by atoms with Crippen LogP contribution in [0.15, 0.2) is 42.7 Å². The summed E-state index contributed by atoms with van der Waals surface area (Å²) < 4.78 is 1.71. The number of amides is 2. The van der Waals surface area contributed by atoms with Gasteiger partial charge in [0.25, 0.3) is 0 Å². The maximum Gasteiger partial charge on any atom is 0.321 e. The quantitative estimate of drug-likeness (QED) is 0.857. The highest BCUT2D eigenvalue weighted by molar-refractivity contribution is 5.91. The molecule has 0 saturated heterocycles. The lowest BCUT2D eigenvalue weighted by atomic mass is 10.2. The highest BCUT2D eigenvalue weighted by Crippen LogP contribution is 2.18. The molecule has 0 fully saturated rings. The first-order valence-corrected chi connectivity index (χ1v) is 5.26. The normalized spacial score (nSPS) is 10.0. The molecule has 1 aromatic heterocycles. The topological polar surface area (TPSA) is 50.2 Å². The average Bonchev–Trinajstić information content (AvgIpc) is 2.83. The zero-order valence-corrected chi connectivity index (χ0v) is 9.79. The van der Waals surface area contributed by atoms with E-state index < -0.39 is 0 Å². The van der Waals surface area contributed by atoms with Crippen molar-refractivity contribution in [3.63, 3.8) is 0 Å². The first-order chi connectivity index (χ1) is 8.18. The molecular weight excluding hydrogens is 216 g/mol. The fraction of sp³-hybridized carbons (Fsp3) is 0.167. The Morgan fingerprint density at radius 3 is 2.71 bits per heavy atom. The molecule has 0 spiro atoms. The van der Waals surface area contributed by atoms with Gasteiger partial charge in [0.1, 0.15) is 0 Å². The van der Waals surface area contributed by atoms with E-state index in [1.807, 2.05) is 36.5 Å². The summed E-state index contributed by atoms with van der Waals surface area (Å²) in [5.41, 5.74) is 1.57. The Kier molecular flexibility index (Phi) is 3.09. The van der Waals surface area contributed by atoms with Crippen molar-refractivity contribution in [2.24, 2.45) is 0 Å². The van der Waals surface area contributed by atoms with Crippen LogP contribution in [0.5, 0.6) is 0 Å². The molecule has 0 unspecified atom stereocenters. The Morgan fingerprint density at radius 2 is 2.06 bits per heavy atom. The second kappa shape index (κ2) is 4.69. The highest BCUT2D eigenvalue weighted by atomic mass is 16.2. The first-order valence-electron chi connectivity index (χ1n) is 5.26. The van der Waals surface area contributed by atoms with Crippen LogP contribution >= 0.6 is 0 Å². The molecular formula is C12H14N4O. The van der Waals surface area contributed by atoms with Crippen LogP contribution in [0.25, 0.3) is 5.69 Å². The highest BCUT2D eigenvalue weighted by Gasteiger charge is 2.08. The van der Waals surface area contributed by atoms with E-state index in [1.165, 1.54) is 4.90 Å². The standard InChI is InChI=1S/C12H14N4O/c1-15(2)12(17)14-10-6-3-4-7-11(10)16-9-5-8-13-16/h3-9H,1-2H3,(H,14,17). The van der Waals surface area contributed by atoms with Crippen molar-refractivity contribution in [2.75, 3.05) is 19.4 Å². The summed E-state index contributed by atoms with van der Waals surface area (Å²) in [5, 5.41) is 6.98. The summed E-state index contributed by atoms with van der Waals surface area (Å²) in [6.45, 7) is 0. The maximum atomic E-state index is 11.6. The van der Waals surface area contributed by atoms with E-state index in [-0.39, 0.29) is 6.03 Å². The summed E-state index contributed by atoms with van der Waals surface area (Å²) in [6, 6.07) is 9.20. The fourth-order valence-electron chi connectivity index (χ4n) is 1.42. The van der Waals surface area contributed by atoms with Gasteiger partial charge >= 0.3 is 6.03 Å². The van der Waals surface area contributed by atoms with Gasteiger partial charge in [-0.05, 0) is 18.2 Å². The lowest BCUT2D eigenvalue weighted by Crippen LogP contribution is -2.27. The van der Waals surface area contributed by atoms with E-state index in [0.29, 0.717) is 0 Å². The minimum absolute atomic E-state index is 0.162. The lowest BCUT2D eigenvalue weighted by molar-refractivity contribution is 0.230. The Bertz CT molecular complexity index is 505. The number of urea groups is 1. The predicted molar refractivity (Wildman–Crippen MR) is 66.3 cm³/mol. The third kappa shape index (κ3) is 2.44. The van der Waals surface area contributed by atoms with Crippen molar-refractivity contribution in [1.29, 1.82) is 0 Å². The van der Waals surface area contributed by atoms with Gasteiger partial charge in [-0.3, -0.25) is 0 Å². The summed E-state index contributed by atoms with van der Waals surface area (Å²) in [4.78, 5) is 13.1. The average molecular weight is 230 g/mol. The molecule has 1 aromatic carbocycles. The van der Waals surface area contributed by atoms with E-state index in [2.05, 4.69) is 10.4 Å². The van der Waals surface area contributed by atoms with Gasteiger partial charge in [-0.2, -0.15) is 5.10 Å². The number of nitrogens with zero attached hydrogens (tertiary/aromatic N) is 3. The number of aromatic nitrogens is 2. The molecule has 0 radical (unpaired) electrons. The number of benzene rings is 1. The molecule has 17 heavy (non-hydrogen) atoms. The van der Waals surface area contributed by atoms with Gasteiger partial charge in [-0.25, -0.2) is 9.48 Å². The van der Waals surface area contributed by atoms with Crippen molar-refractivity contribution < 1.29 is 4.79 Å². The number of para-hydroxylation sites is 2. The monoisotopic (exact) mass is 230 g/mol. The number of nitrogens with one attached hydrogen (secondary N) is 1. The molecule has 1 heterocycles. The minimum Gasteiger partial charge on any atom is -0.331 e. The third-order valence-corrected chi connectivity index (χ3v) is 2.30. The van der Waals surface area contributed by atoms with Crippen molar-refractivity contribution in [2.45, 2.75) is 0 Å². The third-order valence-electron chi connectivity index (χ3n) is 2.30. The summed E-state index contributed by atoms with van der Waals surface area (Å²) in [5.74, 6) is 0. The van der Waals surface area contributed by atoms with Gasteiger partial charge in [0.2, 0.25) is 0 Å². The van der Waals surface area contributed by atoms with Crippen LogP contribution in [0.4, 0.5) is 10.5 Å². The number of carbonyl (C=O) groups excluding carboxylic acids is 1. The van der Waals surface area contributed by atoms with Crippen molar-refractivity contribution in [3.05, 3.63) is 42.7 Å². The number of carbonyl (C=O) groups is 1. The van der Waals surface area contributed by atoms with Gasteiger partial charge < -0.3 is 10.2 Å². The van der Waals surface area contributed by atoms with Gasteiger partial charge in [-0.1, -0.05) is 12.1 Å². The molecule has 0 aliphatic heterocycles. The molecule has 2 amide bonds. The smallest absolute Gasteiger partial charge is 0.321 e. The largest absolute Gasteiger partial charge is 0.331 e. The molecule has 0 aliphatic rings. The second-order valence-corrected chi connectivity index (χ2v) is 3.79. The van der Waals surface area contributed by atoms with Gasteiger partial charge in [0.15, 0.2) is 0 Å². The molecule has 5 nitrogen and oxygen atoms in total. The van der Waals surface area contributed by atoms with Crippen LogP contribution in [0.3, 0.4) is 0 Å². The van der Waals surface area contributed by atoms with Crippen LogP contribution in [-0.2, 0) is 0 Å². The molecule has 0 atom stereocenters. The Balaban J connectivity index is 2.32. The Hall–Kier alpha value is -2.30. The van der Waals surface area contributed by atoms with Crippen molar-refractivity contribution in [1.82, 2.24) is 14.7 Å². The Morgan fingerprint density at radius 1 is 1.29 bits per heavy atom. The van der Waals surface area contributed by atoms with Crippen molar-refractivity contribution in [3.8, 4) is 5.69 Å². The van der Waals surface area contributed by atoms with Crippen LogP contribution in [0, 0.1) is 0 Å². The summed E-state index contributed by atoms with van der Waals surface area (Å²) in [6.07, 6.45) is 3.53. The molecule has 2 aromatic rings. The lowest BCUT2D eigenvalue weighted by Gasteiger charge is -2.14. The van der Waals surface area contributed by atoms with Crippen LogP contribution in [0.1, 0.15) is 0 Å². The SMILES string of the molecule is CN(C)C(=O)Nc1ccccc1-n1cccn1. The van der Waals surface area contributed by atoms with Gasteiger partial charge in [0, 0.05) is 26.5 Å². The first kappa shape index (κ1) is 11.2. The van der Waals surface area contributed by atoms with Crippen molar-refractivity contribution >= 4 is 11.7 Å². The molecule has 5 heteroatoms. The van der Waals surface area contributed by atoms with Gasteiger partial charge in [-0.15, -0.1) is 0 Å². The zero-order chi connectivity index (χ0) is 12.3. The second-order valence-electron chi connectivity index (χ2n) is 3.79. The van der Waals surface area contributed by atoms with E-state index in [0.717, 1.165) is 11.4 Å². The van der Waals surface area contributed by atoms with Crippen LogP contribution < -0.4 is 5.32 Å². The molecule has 1 N–H and O–H groups in total. The fourth-order valence-corrected chi connectivity index (χ4v) is 1.42. The van der Waals surface area contributed by atoms with Gasteiger partial charge in [0.05, 0.1) is 11.4 Å². The maximum absolute atomic E-state index is 11.6. The molecule has 88 valence electrons. The van der Waals surface area contributed by atoms with Crippen LogP contribution in [0.2, 0.25) is 0 Å². The summed E-state index contributed by atoms with van der Waals surface area (Å²) in [7, 11) is 3.40. The minimum atomic E-state index is -0.162. The molecule has 0 bridgehead atoms. The number of anilines is 1. The van der Waals surface area contributed by atoms with E-state index in [4.69, 9.17) is 0 Å². The van der Waals surface area contributed by atoms with E-state index in [1.54, 1.807) is 25.0 Å². The zero-order valence-electron chi connectivity index (χ0n) is 9.79. The number of hydrogen-bond donors (Lipinski definition) is 1. The number of rotatable bonds is 2.